The highest BCUT2D eigenvalue weighted by molar-refractivity contribution is 5.43. The summed E-state index contributed by atoms with van der Waals surface area (Å²) in [5, 5.41) is 7.98. The summed E-state index contributed by atoms with van der Waals surface area (Å²) in [5.74, 6) is 1.56. The van der Waals surface area contributed by atoms with Crippen LogP contribution < -0.4 is 9.47 Å². The standard InChI is InChI=1S/C16H21F2N3O3/c1-10(2)15-20-19-14(24-15)9-21(3)8-11-5-6-12(22-4)13(7-11)23-16(17)18/h5-7,10,16H,8-9H2,1-4H3. The number of hydrogen-bond donors (Lipinski definition) is 0. The van der Waals surface area contributed by atoms with Gasteiger partial charge in [0.1, 0.15) is 0 Å². The molecular formula is C16H21F2N3O3. The molecule has 1 aromatic heterocycles. The van der Waals surface area contributed by atoms with Gasteiger partial charge in [-0.25, -0.2) is 0 Å². The van der Waals surface area contributed by atoms with Gasteiger partial charge in [0.25, 0.3) is 0 Å². The van der Waals surface area contributed by atoms with Gasteiger partial charge in [-0.15, -0.1) is 10.2 Å². The Bertz CT molecular complexity index is 662. The first-order chi connectivity index (χ1) is 11.4. The van der Waals surface area contributed by atoms with E-state index in [2.05, 4.69) is 14.9 Å². The predicted octanol–water partition coefficient (Wildman–Crippen LogP) is 3.44. The number of alkyl halides is 2. The van der Waals surface area contributed by atoms with E-state index in [0.717, 1.165) is 5.56 Å². The molecule has 0 amide bonds. The Morgan fingerprint density at radius 2 is 1.92 bits per heavy atom. The molecule has 0 radical (unpaired) electrons. The first kappa shape index (κ1) is 18.1. The minimum absolute atomic E-state index is 0.0123. The van der Waals surface area contributed by atoms with Crippen LogP contribution in [0.25, 0.3) is 0 Å². The normalized spacial score (nSPS) is 11.5. The molecule has 0 saturated heterocycles. The monoisotopic (exact) mass is 341 g/mol. The number of ether oxygens (including phenoxy) is 2. The molecule has 0 aliphatic carbocycles. The number of hydrogen-bond acceptors (Lipinski definition) is 6. The van der Waals surface area contributed by atoms with Crippen LogP contribution in [0.15, 0.2) is 22.6 Å². The van der Waals surface area contributed by atoms with Gasteiger partial charge in [0, 0.05) is 12.5 Å². The van der Waals surface area contributed by atoms with Crippen LogP contribution in [-0.2, 0) is 13.1 Å². The fourth-order valence-corrected chi connectivity index (χ4v) is 2.17. The maximum atomic E-state index is 12.5. The molecule has 1 heterocycles. The molecule has 8 heteroatoms. The van der Waals surface area contributed by atoms with Crippen LogP contribution in [0, 0.1) is 0 Å². The average molecular weight is 341 g/mol. The first-order valence-corrected chi connectivity index (χ1v) is 7.51. The minimum Gasteiger partial charge on any atom is -0.493 e. The van der Waals surface area contributed by atoms with E-state index in [1.807, 2.05) is 25.8 Å². The maximum absolute atomic E-state index is 12.5. The Balaban J connectivity index is 2.03. The zero-order valence-electron chi connectivity index (χ0n) is 14.1. The second kappa shape index (κ2) is 8.05. The molecule has 0 aliphatic rings. The average Bonchev–Trinajstić information content (AvgIpc) is 2.95. The van der Waals surface area contributed by atoms with E-state index in [1.165, 1.54) is 13.2 Å². The van der Waals surface area contributed by atoms with Gasteiger partial charge < -0.3 is 13.9 Å². The van der Waals surface area contributed by atoms with Gasteiger partial charge in [-0.2, -0.15) is 8.78 Å². The lowest BCUT2D eigenvalue weighted by Gasteiger charge is -2.16. The van der Waals surface area contributed by atoms with E-state index in [9.17, 15) is 8.78 Å². The summed E-state index contributed by atoms with van der Waals surface area (Å²) in [6.07, 6.45) is 0. The van der Waals surface area contributed by atoms with Crippen LogP contribution in [-0.4, -0.2) is 35.9 Å². The summed E-state index contributed by atoms with van der Waals surface area (Å²) in [4.78, 5) is 1.94. The van der Waals surface area contributed by atoms with Gasteiger partial charge in [-0.05, 0) is 24.7 Å². The molecule has 24 heavy (non-hydrogen) atoms. The molecule has 132 valence electrons. The van der Waals surface area contributed by atoms with E-state index < -0.39 is 6.61 Å². The lowest BCUT2D eigenvalue weighted by Crippen LogP contribution is -2.17. The van der Waals surface area contributed by atoms with Gasteiger partial charge in [-0.3, -0.25) is 4.90 Å². The summed E-state index contributed by atoms with van der Waals surface area (Å²) in [5.41, 5.74) is 0.803. The zero-order chi connectivity index (χ0) is 17.7. The van der Waals surface area contributed by atoms with Gasteiger partial charge in [0.2, 0.25) is 11.8 Å². The molecule has 2 aromatic rings. The van der Waals surface area contributed by atoms with Crippen LogP contribution in [0.3, 0.4) is 0 Å². The number of benzene rings is 1. The summed E-state index contributed by atoms with van der Waals surface area (Å²) in [6.45, 7) is 2.01. The van der Waals surface area contributed by atoms with E-state index >= 15 is 0 Å². The SMILES string of the molecule is COc1ccc(CN(C)Cc2nnc(C(C)C)o2)cc1OC(F)F. The maximum Gasteiger partial charge on any atom is 0.387 e. The van der Waals surface area contributed by atoms with Crippen LogP contribution in [0.2, 0.25) is 0 Å². The third-order valence-electron chi connectivity index (χ3n) is 3.28. The Kier molecular flexibility index (Phi) is 6.08. The van der Waals surface area contributed by atoms with Gasteiger partial charge >= 0.3 is 6.61 Å². The quantitative estimate of drug-likeness (QED) is 0.733. The predicted molar refractivity (Wildman–Crippen MR) is 83.2 cm³/mol. The van der Waals surface area contributed by atoms with Crippen LogP contribution in [0.5, 0.6) is 11.5 Å². The van der Waals surface area contributed by atoms with Gasteiger partial charge in [0.05, 0.1) is 13.7 Å². The van der Waals surface area contributed by atoms with Crippen molar-refractivity contribution < 1.29 is 22.7 Å². The second-order valence-corrected chi connectivity index (χ2v) is 5.72. The highest BCUT2D eigenvalue weighted by Gasteiger charge is 2.14. The van der Waals surface area contributed by atoms with Crippen molar-refractivity contribution >= 4 is 0 Å². The Morgan fingerprint density at radius 1 is 1.17 bits per heavy atom. The molecule has 0 spiro atoms. The molecule has 6 nitrogen and oxygen atoms in total. The highest BCUT2D eigenvalue weighted by atomic mass is 19.3. The van der Waals surface area contributed by atoms with Crippen LogP contribution >= 0.6 is 0 Å². The van der Waals surface area contributed by atoms with Gasteiger partial charge in [0.15, 0.2) is 11.5 Å². The molecular weight excluding hydrogens is 320 g/mol. The van der Waals surface area contributed by atoms with Crippen molar-refractivity contribution in [3.05, 3.63) is 35.5 Å². The summed E-state index contributed by atoms with van der Waals surface area (Å²) >= 11 is 0. The number of nitrogens with zero attached hydrogens (tertiary/aromatic N) is 3. The second-order valence-electron chi connectivity index (χ2n) is 5.72. The number of halogens is 2. The molecule has 0 bridgehead atoms. The molecule has 0 saturated carbocycles. The fourth-order valence-electron chi connectivity index (χ4n) is 2.17. The number of methoxy groups -OCH3 is 1. The Morgan fingerprint density at radius 3 is 2.50 bits per heavy atom. The van der Waals surface area contributed by atoms with Gasteiger partial charge in [-0.1, -0.05) is 19.9 Å². The van der Waals surface area contributed by atoms with Crippen molar-refractivity contribution in [2.24, 2.45) is 0 Å². The lowest BCUT2D eigenvalue weighted by atomic mass is 10.2. The van der Waals surface area contributed by atoms with Crippen molar-refractivity contribution in [3.63, 3.8) is 0 Å². The summed E-state index contributed by atoms with van der Waals surface area (Å²) in [6, 6.07) is 4.93. The molecule has 0 atom stereocenters. The molecule has 1 aromatic carbocycles. The van der Waals surface area contributed by atoms with Crippen molar-refractivity contribution in [1.29, 1.82) is 0 Å². The minimum atomic E-state index is -2.90. The third-order valence-corrected chi connectivity index (χ3v) is 3.28. The molecule has 0 fully saturated rings. The van der Waals surface area contributed by atoms with E-state index in [0.29, 0.717) is 24.9 Å². The largest absolute Gasteiger partial charge is 0.493 e. The van der Waals surface area contributed by atoms with E-state index in [-0.39, 0.29) is 17.4 Å². The van der Waals surface area contributed by atoms with Crippen LogP contribution in [0.1, 0.15) is 37.1 Å². The third kappa shape index (κ3) is 4.89. The lowest BCUT2D eigenvalue weighted by molar-refractivity contribution is -0.0512. The number of rotatable bonds is 8. The fraction of sp³-hybridized carbons (Fsp3) is 0.500. The molecule has 0 aliphatic heterocycles. The van der Waals surface area contributed by atoms with E-state index in [4.69, 9.17) is 9.15 Å². The first-order valence-electron chi connectivity index (χ1n) is 7.51. The van der Waals surface area contributed by atoms with Crippen molar-refractivity contribution in [3.8, 4) is 11.5 Å². The van der Waals surface area contributed by atoms with Crippen molar-refractivity contribution in [2.45, 2.75) is 39.5 Å². The van der Waals surface area contributed by atoms with Crippen molar-refractivity contribution in [1.82, 2.24) is 15.1 Å². The summed E-state index contributed by atoms with van der Waals surface area (Å²) in [7, 11) is 3.28. The molecule has 0 unspecified atom stereocenters. The topological polar surface area (TPSA) is 60.6 Å². The van der Waals surface area contributed by atoms with E-state index in [1.54, 1.807) is 12.1 Å². The zero-order valence-corrected chi connectivity index (χ0v) is 14.1. The Labute approximate surface area is 139 Å². The smallest absolute Gasteiger partial charge is 0.387 e. The Hall–Kier alpha value is -2.22. The number of aromatic nitrogens is 2. The summed E-state index contributed by atoms with van der Waals surface area (Å²) < 4.78 is 40.0. The molecule has 0 N–H and O–H groups in total. The highest BCUT2D eigenvalue weighted by Crippen LogP contribution is 2.30. The van der Waals surface area contributed by atoms with Crippen LogP contribution in [0.4, 0.5) is 8.78 Å². The molecule has 2 rings (SSSR count). The van der Waals surface area contributed by atoms with Crippen molar-refractivity contribution in [2.75, 3.05) is 14.2 Å².